The van der Waals surface area contributed by atoms with Crippen molar-refractivity contribution in [2.75, 3.05) is 18.9 Å². The van der Waals surface area contributed by atoms with E-state index < -0.39 is 10.0 Å². The lowest BCUT2D eigenvalue weighted by Gasteiger charge is -2.17. The Labute approximate surface area is 205 Å². The molecular weight excluding hydrogens is 466 g/mol. The van der Waals surface area contributed by atoms with E-state index in [-0.39, 0.29) is 23.6 Å². The Morgan fingerprint density at radius 2 is 1.91 bits per heavy atom. The second-order valence-electron chi connectivity index (χ2n) is 8.66. The van der Waals surface area contributed by atoms with Crippen molar-refractivity contribution in [3.05, 3.63) is 60.0 Å². The SMILES string of the molecule is Cc1ccc(-c2nnc(CCC(=O)Nc3cccc(S(=O)(=O)N=C4CCCCCN4C)c3)o2)cc1. The zero-order valence-corrected chi connectivity index (χ0v) is 20.7. The minimum Gasteiger partial charge on any atom is -0.421 e. The molecule has 9 nitrogen and oxygen atoms in total. The maximum Gasteiger partial charge on any atom is 0.284 e. The molecule has 0 unspecified atom stereocenters. The van der Waals surface area contributed by atoms with Crippen LogP contribution in [0.5, 0.6) is 0 Å². The first-order valence-corrected chi connectivity index (χ1v) is 13.1. The standard InChI is InChI=1S/C25H29N5O4S/c1-18-10-12-19(13-11-18)25-28-27-24(34-25)15-14-23(31)26-20-7-6-8-21(17-20)35(32,33)29-22-9-4-3-5-16-30(22)2/h6-8,10-13,17H,3-5,9,14-16H2,1-2H3,(H,26,31). The second kappa shape index (κ2) is 10.8. The third-order valence-electron chi connectivity index (χ3n) is 5.81. The Hall–Kier alpha value is -3.53. The molecule has 3 aromatic rings. The van der Waals surface area contributed by atoms with Gasteiger partial charge in [-0.25, -0.2) is 0 Å². The first-order valence-electron chi connectivity index (χ1n) is 11.6. The predicted molar refractivity (Wildman–Crippen MR) is 134 cm³/mol. The van der Waals surface area contributed by atoms with Gasteiger partial charge in [0.25, 0.3) is 10.0 Å². The molecule has 184 valence electrons. The minimum absolute atomic E-state index is 0.0417. The van der Waals surface area contributed by atoms with Crippen LogP contribution in [0.15, 0.2) is 62.2 Å². The van der Waals surface area contributed by atoms with Gasteiger partial charge in [-0.2, -0.15) is 8.42 Å². The molecule has 0 spiro atoms. The number of sulfonamides is 1. The number of hydrogen-bond donors (Lipinski definition) is 1. The highest BCUT2D eigenvalue weighted by Crippen LogP contribution is 2.21. The van der Waals surface area contributed by atoms with Crippen LogP contribution >= 0.6 is 0 Å². The molecule has 1 aliphatic heterocycles. The number of carbonyl (C=O) groups is 1. The molecule has 35 heavy (non-hydrogen) atoms. The molecule has 10 heteroatoms. The molecular formula is C25H29N5O4S. The van der Waals surface area contributed by atoms with Gasteiger partial charge in [0.15, 0.2) is 0 Å². The van der Waals surface area contributed by atoms with Crippen molar-refractivity contribution in [3.8, 4) is 11.5 Å². The molecule has 1 amide bonds. The quantitative estimate of drug-likeness (QED) is 0.522. The summed E-state index contributed by atoms with van der Waals surface area (Å²) < 4.78 is 35.5. The molecule has 0 atom stereocenters. The number of benzene rings is 2. The third-order valence-corrected chi connectivity index (χ3v) is 7.11. The number of nitrogens with one attached hydrogen (secondary N) is 1. The number of rotatable bonds is 7. The van der Waals surface area contributed by atoms with Gasteiger partial charge in [-0.3, -0.25) is 4.79 Å². The van der Waals surface area contributed by atoms with Crippen LogP contribution in [-0.4, -0.2) is 48.9 Å². The van der Waals surface area contributed by atoms with Crippen LogP contribution in [0.2, 0.25) is 0 Å². The van der Waals surface area contributed by atoms with Crippen LogP contribution in [-0.2, 0) is 21.2 Å². The summed E-state index contributed by atoms with van der Waals surface area (Å²) in [6.45, 7) is 2.79. The topological polar surface area (TPSA) is 118 Å². The minimum atomic E-state index is -3.89. The zero-order valence-electron chi connectivity index (χ0n) is 19.9. The Morgan fingerprint density at radius 3 is 2.71 bits per heavy atom. The normalized spacial score (nSPS) is 15.7. The lowest BCUT2D eigenvalue weighted by molar-refractivity contribution is -0.116. The van der Waals surface area contributed by atoms with Gasteiger partial charge < -0.3 is 14.6 Å². The number of anilines is 1. The van der Waals surface area contributed by atoms with Gasteiger partial charge in [0.1, 0.15) is 5.84 Å². The number of nitrogens with zero attached hydrogens (tertiary/aromatic N) is 4. The average Bonchev–Trinajstić information content (AvgIpc) is 3.22. The van der Waals surface area contributed by atoms with Gasteiger partial charge >= 0.3 is 0 Å². The van der Waals surface area contributed by atoms with Crippen LogP contribution in [0, 0.1) is 6.92 Å². The maximum absolute atomic E-state index is 12.9. The van der Waals surface area contributed by atoms with Crippen LogP contribution < -0.4 is 5.32 Å². The molecule has 2 aromatic carbocycles. The average molecular weight is 496 g/mol. The van der Waals surface area contributed by atoms with Crippen molar-refractivity contribution < 1.29 is 17.6 Å². The Bertz CT molecular complexity index is 1320. The van der Waals surface area contributed by atoms with Crippen molar-refractivity contribution in [2.24, 2.45) is 4.40 Å². The summed E-state index contributed by atoms with van der Waals surface area (Å²) in [5.74, 6) is 1.04. The van der Waals surface area contributed by atoms with Crippen molar-refractivity contribution in [1.29, 1.82) is 0 Å². The number of amides is 1. The van der Waals surface area contributed by atoms with Crippen molar-refractivity contribution >= 4 is 27.5 Å². The van der Waals surface area contributed by atoms with E-state index in [2.05, 4.69) is 19.9 Å². The summed E-state index contributed by atoms with van der Waals surface area (Å²) in [6, 6.07) is 13.9. The van der Waals surface area contributed by atoms with Gasteiger partial charge in [-0.05, 0) is 50.1 Å². The fraction of sp³-hybridized carbons (Fsp3) is 0.360. The molecule has 0 radical (unpaired) electrons. The highest BCUT2D eigenvalue weighted by molar-refractivity contribution is 7.90. The lowest BCUT2D eigenvalue weighted by Crippen LogP contribution is -2.26. The summed E-state index contributed by atoms with van der Waals surface area (Å²) in [7, 11) is -2.02. The Kier molecular flexibility index (Phi) is 7.60. The molecule has 1 N–H and O–H groups in total. The second-order valence-corrected chi connectivity index (χ2v) is 10.3. The fourth-order valence-corrected chi connectivity index (χ4v) is 4.92. The number of aromatic nitrogens is 2. The van der Waals surface area contributed by atoms with E-state index in [0.717, 1.165) is 36.9 Å². The van der Waals surface area contributed by atoms with Gasteiger partial charge in [-0.15, -0.1) is 14.6 Å². The lowest BCUT2D eigenvalue weighted by atomic mass is 10.1. The van der Waals surface area contributed by atoms with E-state index >= 15 is 0 Å². The predicted octanol–water partition coefficient (Wildman–Crippen LogP) is 4.21. The van der Waals surface area contributed by atoms with Crippen molar-refractivity contribution in [1.82, 2.24) is 15.1 Å². The zero-order chi connectivity index (χ0) is 24.8. The Morgan fingerprint density at radius 1 is 1.11 bits per heavy atom. The number of carbonyl (C=O) groups excluding carboxylic acids is 1. The smallest absolute Gasteiger partial charge is 0.284 e. The summed E-state index contributed by atoms with van der Waals surface area (Å²) in [5, 5.41) is 10.8. The number of aryl methyl sites for hydroxylation is 2. The maximum atomic E-state index is 12.9. The van der Waals surface area contributed by atoms with Crippen LogP contribution in [0.1, 0.15) is 43.6 Å². The van der Waals surface area contributed by atoms with E-state index in [9.17, 15) is 13.2 Å². The van der Waals surface area contributed by atoms with E-state index in [1.54, 1.807) is 12.1 Å². The Balaban J connectivity index is 1.38. The number of amidine groups is 1. The molecule has 2 heterocycles. The molecule has 1 saturated heterocycles. The van der Waals surface area contributed by atoms with Gasteiger partial charge in [-0.1, -0.05) is 30.2 Å². The van der Waals surface area contributed by atoms with Gasteiger partial charge in [0.2, 0.25) is 17.7 Å². The fourth-order valence-electron chi connectivity index (χ4n) is 3.78. The van der Waals surface area contributed by atoms with E-state index in [1.165, 1.54) is 12.1 Å². The van der Waals surface area contributed by atoms with E-state index in [1.807, 2.05) is 43.1 Å². The first-order chi connectivity index (χ1) is 16.8. The first kappa shape index (κ1) is 24.6. The molecule has 4 rings (SSSR count). The third kappa shape index (κ3) is 6.54. The molecule has 0 aliphatic carbocycles. The van der Waals surface area contributed by atoms with Gasteiger partial charge in [0.05, 0.1) is 4.90 Å². The molecule has 0 saturated carbocycles. The van der Waals surface area contributed by atoms with E-state index in [4.69, 9.17) is 4.42 Å². The van der Waals surface area contributed by atoms with Crippen molar-refractivity contribution in [3.63, 3.8) is 0 Å². The number of likely N-dealkylation sites (tertiary alicyclic amines) is 1. The van der Waals surface area contributed by atoms with Crippen molar-refractivity contribution in [2.45, 2.75) is 50.3 Å². The monoisotopic (exact) mass is 495 g/mol. The number of hydrogen-bond acceptors (Lipinski definition) is 6. The largest absolute Gasteiger partial charge is 0.421 e. The molecule has 0 bridgehead atoms. The van der Waals surface area contributed by atoms with Crippen LogP contribution in [0.25, 0.3) is 11.5 Å². The summed E-state index contributed by atoms with van der Waals surface area (Å²) in [5.41, 5.74) is 2.33. The summed E-state index contributed by atoms with van der Waals surface area (Å²) in [6.07, 6.45) is 4.01. The molecule has 1 fully saturated rings. The highest BCUT2D eigenvalue weighted by Gasteiger charge is 2.19. The van der Waals surface area contributed by atoms with Crippen LogP contribution in [0.3, 0.4) is 0 Å². The van der Waals surface area contributed by atoms with Gasteiger partial charge in [0, 0.05) is 44.1 Å². The van der Waals surface area contributed by atoms with Crippen LogP contribution in [0.4, 0.5) is 5.69 Å². The molecule has 1 aliphatic rings. The summed E-state index contributed by atoms with van der Waals surface area (Å²) >= 11 is 0. The highest BCUT2D eigenvalue weighted by atomic mass is 32.2. The van der Waals surface area contributed by atoms with E-state index in [0.29, 0.717) is 29.7 Å². The molecule has 1 aromatic heterocycles. The summed E-state index contributed by atoms with van der Waals surface area (Å²) in [4.78, 5) is 14.4.